The van der Waals surface area contributed by atoms with Crippen LogP contribution in [0, 0.1) is 6.92 Å². The third-order valence-electron chi connectivity index (χ3n) is 1.33. The van der Waals surface area contributed by atoms with Crippen LogP contribution in [0.3, 0.4) is 0 Å². The lowest BCUT2D eigenvalue weighted by Crippen LogP contribution is -2.34. The first-order valence-electron chi connectivity index (χ1n) is 3.09. The fourth-order valence-corrected chi connectivity index (χ4v) is 1.03. The lowest BCUT2D eigenvalue weighted by atomic mass is 9.83. The summed E-state index contributed by atoms with van der Waals surface area (Å²) in [6.45, 7) is 1.72. The van der Waals surface area contributed by atoms with E-state index in [2.05, 4.69) is 4.98 Å². The quantitative estimate of drug-likeness (QED) is 0.572. The lowest BCUT2D eigenvalue weighted by Gasteiger charge is -2.01. The second-order valence-electron chi connectivity index (χ2n) is 2.23. The van der Waals surface area contributed by atoms with Gasteiger partial charge in [-0.3, -0.25) is 4.98 Å². The maximum Gasteiger partial charge on any atom is 0.508 e. The highest BCUT2D eigenvalue weighted by atomic mass is 35.5. The summed E-state index contributed by atoms with van der Waals surface area (Å²) in [4.78, 5) is 3.75. The van der Waals surface area contributed by atoms with Crippen molar-refractivity contribution in [3.8, 4) is 0 Å². The Labute approximate surface area is 69.8 Å². The van der Waals surface area contributed by atoms with Gasteiger partial charge < -0.3 is 10.0 Å². The van der Waals surface area contributed by atoms with Gasteiger partial charge in [-0.2, -0.15) is 0 Å². The number of aryl methyl sites for hydroxylation is 1. The average Bonchev–Trinajstić information content (AvgIpc) is 1.85. The molecule has 0 saturated heterocycles. The number of halogens is 1. The van der Waals surface area contributed by atoms with Crippen molar-refractivity contribution in [2.75, 3.05) is 0 Å². The first kappa shape index (κ1) is 8.52. The van der Waals surface area contributed by atoms with Crippen LogP contribution in [-0.2, 0) is 0 Å². The van der Waals surface area contributed by atoms with Crippen LogP contribution in [0.1, 0.15) is 5.56 Å². The summed E-state index contributed by atoms with van der Waals surface area (Å²) in [5.74, 6) is 0. The predicted molar refractivity (Wildman–Crippen MR) is 43.8 cm³/mol. The molecule has 5 heteroatoms. The first-order valence-corrected chi connectivity index (χ1v) is 3.47. The fourth-order valence-electron chi connectivity index (χ4n) is 0.821. The molecule has 0 aromatic carbocycles. The summed E-state index contributed by atoms with van der Waals surface area (Å²) >= 11 is 5.60. The molecule has 0 saturated carbocycles. The van der Waals surface area contributed by atoms with Crippen molar-refractivity contribution >= 4 is 24.3 Å². The SMILES string of the molecule is Cc1cc(Cl)cnc1B(O)O. The Balaban J connectivity index is 3.09. The highest BCUT2D eigenvalue weighted by Gasteiger charge is 2.15. The fraction of sp³-hybridized carbons (Fsp3) is 0.167. The molecule has 1 aromatic heterocycles. The van der Waals surface area contributed by atoms with Crippen LogP contribution in [0.25, 0.3) is 0 Å². The van der Waals surface area contributed by atoms with Crippen LogP contribution < -0.4 is 5.59 Å². The van der Waals surface area contributed by atoms with Crippen molar-refractivity contribution in [1.82, 2.24) is 4.98 Å². The number of nitrogens with zero attached hydrogens (tertiary/aromatic N) is 1. The molecule has 0 aliphatic rings. The summed E-state index contributed by atoms with van der Waals surface area (Å²) < 4.78 is 0. The molecule has 1 aromatic rings. The zero-order valence-corrected chi connectivity index (χ0v) is 6.71. The molecule has 0 aliphatic heterocycles. The van der Waals surface area contributed by atoms with Gasteiger partial charge in [-0.1, -0.05) is 11.6 Å². The van der Waals surface area contributed by atoms with Crippen LogP contribution in [0.5, 0.6) is 0 Å². The van der Waals surface area contributed by atoms with Crippen molar-refractivity contribution in [3.05, 3.63) is 22.8 Å². The van der Waals surface area contributed by atoms with Crippen LogP contribution in [-0.4, -0.2) is 22.2 Å². The van der Waals surface area contributed by atoms with Crippen LogP contribution in [0.15, 0.2) is 12.3 Å². The molecular formula is C6H7BClNO2. The molecule has 2 N–H and O–H groups in total. The molecule has 0 spiro atoms. The van der Waals surface area contributed by atoms with Crippen molar-refractivity contribution in [3.63, 3.8) is 0 Å². The van der Waals surface area contributed by atoms with Crippen LogP contribution in [0.2, 0.25) is 5.02 Å². The molecule has 3 nitrogen and oxygen atoms in total. The van der Waals surface area contributed by atoms with Crippen LogP contribution in [0.4, 0.5) is 0 Å². The summed E-state index contributed by atoms with van der Waals surface area (Å²) in [5.41, 5.74) is 0.918. The van der Waals surface area contributed by atoms with Crippen molar-refractivity contribution < 1.29 is 10.0 Å². The predicted octanol–water partition coefficient (Wildman–Crippen LogP) is -0.277. The van der Waals surface area contributed by atoms with E-state index in [1.54, 1.807) is 13.0 Å². The van der Waals surface area contributed by atoms with E-state index in [0.29, 0.717) is 10.6 Å². The molecule has 0 bridgehead atoms. The molecular weight excluding hydrogens is 164 g/mol. The highest BCUT2D eigenvalue weighted by Crippen LogP contribution is 2.05. The Bertz CT molecular complexity index is 267. The second kappa shape index (κ2) is 3.22. The Morgan fingerprint density at radius 1 is 1.55 bits per heavy atom. The van der Waals surface area contributed by atoms with E-state index in [9.17, 15) is 0 Å². The second-order valence-corrected chi connectivity index (χ2v) is 2.67. The standard InChI is InChI=1S/C6H7BClNO2/c1-4-2-5(8)3-9-6(4)7(10)11/h2-3,10-11H,1H3. The third kappa shape index (κ3) is 1.93. The molecule has 0 radical (unpaired) electrons. The summed E-state index contributed by atoms with van der Waals surface area (Å²) in [7, 11) is -1.52. The minimum atomic E-state index is -1.52. The zero-order valence-electron chi connectivity index (χ0n) is 5.95. The largest absolute Gasteiger partial charge is 0.508 e. The van der Waals surface area contributed by atoms with E-state index in [0.717, 1.165) is 0 Å². The summed E-state index contributed by atoms with van der Waals surface area (Å²) in [5, 5.41) is 18.0. The number of hydrogen-bond acceptors (Lipinski definition) is 3. The average molecular weight is 171 g/mol. The topological polar surface area (TPSA) is 53.4 Å². The van der Waals surface area contributed by atoms with E-state index in [1.807, 2.05) is 0 Å². The van der Waals surface area contributed by atoms with E-state index in [4.69, 9.17) is 21.6 Å². The van der Waals surface area contributed by atoms with Gasteiger partial charge in [0.2, 0.25) is 0 Å². The number of pyridine rings is 1. The monoisotopic (exact) mass is 171 g/mol. The first-order chi connectivity index (χ1) is 5.11. The van der Waals surface area contributed by atoms with Gasteiger partial charge in [0.25, 0.3) is 0 Å². The van der Waals surface area contributed by atoms with Gasteiger partial charge >= 0.3 is 7.12 Å². The van der Waals surface area contributed by atoms with Gasteiger partial charge in [-0.15, -0.1) is 0 Å². The van der Waals surface area contributed by atoms with Gasteiger partial charge in [0.05, 0.1) is 10.6 Å². The molecule has 0 aliphatic carbocycles. The van der Waals surface area contributed by atoms with Crippen LogP contribution >= 0.6 is 11.6 Å². The van der Waals surface area contributed by atoms with Crippen molar-refractivity contribution in [1.29, 1.82) is 0 Å². The Kier molecular flexibility index (Phi) is 2.49. The Hall–Kier alpha value is -0.575. The molecule has 0 atom stereocenters. The number of hydrogen-bond donors (Lipinski definition) is 2. The van der Waals surface area contributed by atoms with E-state index in [-0.39, 0.29) is 5.59 Å². The Morgan fingerprint density at radius 2 is 2.18 bits per heavy atom. The zero-order chi connectivity index (χ0) is 8.43. The number of rotatable bonds is 1. The van der Waals surface area contributed by atoms with Crippen molar-refractivity contribution in [2.24, 2.45) is 0 Å². The summed E-state index contributed by atoms with van der Waals surface area (Å²) in [6.07, 6.45) is 1.38. The molecule has 58 valence electrons. The third-order valence-corrected chi connectivity index (χ3v) is 1.54. The maximum atomic E-state index is 8.75. The summed E-state index contributed by atoms with van der Waals surface area (Å²) in [6, 6.07) is 1.63. The van der Waals surface area contributed by atoms with Gasteiger partial charge in [0.1, 0.15) is 0 Å². The van der Waals surface area contributed by atoms with E-state index >= 15 is 0 Å². The molecule has 0 unspecified atom stereocenters. The van der Waals surface area contributed by atoms with Crippen molar-refractivity contribution in [2.45, 2.75) is 6.92 Å². The normalized spacial score (nSPS) is 9.82. The smallest absolute Gasteiger partial charge is 0.422 e. The number of aromatic nitrogens is 1. The minimum Gasteiger partial charge on any atom is -0.422 e. The van der Waals surface area contributed by atoms with Gasteiger partial charge in [0.15, 0.2) is 0 Å². The van der Waals surface area contributed by atoms with E-state index < -0.39 is 7.12 Å². The molecule has 0 amide bonds. The molecule has 1 rings (SSSR count). The van der Waals surface area contributed by atoms with Gasteiger partial charge in [0, 0.05) is 6.20 Å². The highest BCUT2D eigenvalue weighted by molar-refractivity contribution is 6.58. The molecule has 1 heterocycles. The molecule has 11 heavy (non-hydrogen) atoms. The molecule has 0 fully saturated rings. The van der Waals surface area contributed by atoms with Gasteiger partial charge in [-0.05, 0) is 18.6 Å². The lowest BCUT2D eigenvalue weighted by molar-refractivity contribution is 0.424. The Morgan fingerprint density at radius 3 is 2.64 bits per heavy atom. The van der Waals surface area contributed by atoms with E-state index in [1.165, 1.54) is 6.20 Å². The van der Waals surface area contributed by atoms with Gasteiger partial charge in [-0.25, -0.2) is 0 Å². The maximum absolute atomic E-state index is 8.75. The minimum absolute atomic E-state index is 0.245.